The van der Waals surface area contributed by atoms with Gasteiger partial charge in [0.05, 0.1) is 25.1 Å². The standard InChI is InChI=1S/C23H32N6O.HI/c1-4-20(5-2)22-13-21(30-28-22)15-27-23(25-6-3)26-14-18-7-9-19(10-8-18)16-29-12-11-24-17-29;/h7-13,17,20H,4-6,14-16H2,1-3H3,(H2,25,26,27);1H. The molecule has 0 aliphatic rings. The van der Waals surface area contributed by atoms with Gasteiger partial charge in [-0.1, -0.05) is 43.3 Å². The molecule has 31 heavy (non-hydrogen) atoms. The summed E-state index contributed by atoms with van der Waals surface area (Å²) in [5.41, 5.74) is 3.44. The Bertz CT molecular complexity index is 901. The van der Waals surface area contributed by atoms with Crippen molar-refractivity contribution >= 4 is 29.9 Å². The first-order valence-corrected chi connectivity index (χ1v) is 10.7. The van der Waals surface area contributed by atoms with E-state index in [-0.39, 0.29) is 24.0 Å². The van der Waals surface area contributed by atoms with E-state index in [1.807, 2.05) is 18.6 Å². The summed E-state index contributed by atoms with van der Waals surface area (Å²) < 4.78 is 7.55. The highest BCUT2D eigenvalue weighted by molar-refractivity contribution is 14.0. The van der Waals surface area contributed by atoms with Crippen molar-refractivity contribution in [1.82, 2.24) is 25.3 Å². The second kappa shape index (κ2) is 13.1. The molecule has 0 bridgehead atoms. The summed E-state index contributed by atoms with van der Waals surface area (Å²) >= 11 is 0. The van der Waals surface area contributed by atoms with Gasteiger partial charge in [0.1, 0.15) is 0 Å². The van der Waals surface area contributed by atoms with Crippen molar-refractivity contribution in [2.75, 3.05) is 6.54 Å². The van der Waals surface area contributed by atoms with Gasteiger partial charge in [0.2, 0.25) is 0 Å². The van der Waals surface area contributed by atoms with Crippen LogP contribution in [0.4, 0.5) is 0 Å². The minimum Gasteiger partial charge on any atom is -0.359 e. The van der Waals surface area contributed by atoms with Gasteiger partial charge in [-0.15, -0.1) is 24.0 Å². The van der Waals surface area contributed by atoms with Crippen LogP contribution < -0.4 is 10.6 Å². The highest BCUT2D eigenvalue weighted by Gasteiger charge is 2.13. The Labute approximate surface area is 201 Å². The van der Waals surface area contributed by atoms with Gasteiger partial charge in [-0.05, 0) is 30.9 Å². The zero-order valence-electron chi connectivity index (χ0n) is 18.5. The number of guanidine groups is 1. The molecule has 0 unspecified atom stereocenters. The number of hydrogen-bond donors (Lipinski definition) is 2. The van der Waals surface area contributed by atoms with Crippen molar-refractivity contribution in [2.24, 2.45) is 4.99 Å². The molecular formula is C23H33IN6O. The molecule has 0 saturated carbocycles. The number of benzene rings is 1. The predicted molar refractivity (Wildman–Crippen MR) is 135 cm³/mol. The van der Waals surface area contributed by atoms with Crippen molar-refractivity contribution < 1.29 is 4.52 Å². The first kappa shape index (κ1) is 24.9. The molecule has 3 aromatic rings. The van der Waals surface area contributed by atoms with E-state index in [4.69, 9.17) is 9.52 Å². The molecule has 3 rings (SSSR count). The summed E-state index contributed by atoms with van der Waals surface area (Å²) in [6.45, 7) is 9.21. The number of nitrogens with zero attached hydrogens (tertiary/aromatic N) is 4. The topological polar surface area (TPSA) is 80.3 Å². The monoisotopic (exact) mass is 536 g/mol. The van der Waals surface area contributed by atoms with Crippen LogP contribution in [-0.2, 0) is 19.6 Å². The first-order valence-electron chi connectivity index (χ1n) is 10.7. The van der Waals surface area contributed by atoms with Gasteiger partial charge >= 0.3 is 0 Å². The summed E-state index contributed by atoms with van der Waals surface area (Å²) in [5.74, 6) is 2.05. The third-order valence-electron chi connectivity index (χ3n) is 5.12. The summed E-state index contributed by atoms with van der Waals surface area (Å²) in [5, 5.41) is 10.8. The van der Waals surface area contributed by atoms with E-state index in [1.165, 1.54) is 5.56 Å². The van der Waals surface area contributed by atoms with Crippen LogP contribution in [0.1, 0.15) is 62.1 Å². The molecule has 0 fully saturated rings. The van der Waals surface area contributed by atoms with Crippen LogP contribution in [-0.4, -0.2) is 27.2 Å². The van der Waals surface area contributed by atoms with E-state index in [1.54, 1.807) is 6.20 Å². The van der Waals surface area contributed by atoms with E-state index in [0.717, 1.165) is 48.9 Å². The summed E-state index contributed by atoms with van der Waals surface area (Å²) in [6, 6.07) is 10.6. The smallest absolute Gasteiger partial charge is 0.191 e. The Balaban J connectivity index is 0.00000341. The zero-order valence-corrected chi connectivity index (χ0v) is 20.9. The minimum atomic E-state index is 0. The van der Waals surface area contributed by atoms with Crippen LogP contribution in [0.3, 0.4) is 0 Å². The van der Waals surface area contributed by atoms with Gasteiger partial charge < -0.3 is 19.7 Å². The molecule has 0 radical (unpaired) electrons. The molecule has 0 aliphatic heterocycles. The molecule has 8 heteroatoms. The average molecular weight is 536 g/mol. The molecule has 1 aromatic carbocycles. The number of nitrogens with one attached hydrogen (secondary N) is 2. The number of aromatic nitrogens is 3. The summed E-state index contributed by atoms with van der Waals surface area (Å²) in [4.78, 5) is 8.78. The van der Waals surface area contributed by atoms with Gasteiger partial charge in [0.25, 0.3) is 0 Å². The molecule has 2 aromatic heterocycles. The minimum absolute atomic E-state index is 0. The van der Waals surface area contributed by atoms with Gasteiger partial charge in [-0.2, -0.15) is 0 Å². The maximum atomic E-state index is 5.50. The largest absolute Gasteiger partial charge is 0.359 e. The maximum absolute atomic E-state index is 5.50. The normalized spacial score (nSPS) is 11.4. The Kier molecular flexibility index (Phi) is 10.6. The molecule has 2 heterocycles. The molecule has 0 saturated heterocycles. The number of aliphatic imine (C=N–C) groups is 1. The SMILES string of the molecule is CCNC(=NCc1ccc(Cn2ccnc2)cc1)NCc1cc(C(CC)CC)no1.I. The molecule has 2 N–H and O–H groups in total. The van der Waals surface area contributed by atoms with Crippen molar-refractivity contribution in [3.05, 3.63) is 71.6 Å². The molecule has 7 nitrogen and oxygen atoms in total. The van der Waals surface area contributed by atoms with Crippen LogP contribution in [0.15, 0.2) is 58.6 Å². The highest BCUT2D eigenvalue weighted by Crippen LogP contribution is 2.22. The van der Waals surface area contributed by atoms with Crippen LogP contribution in [0.2, 0.25) is 0 Å². The molecule has 0 atom stereocenters. The predicted octanol–water partition coefficient (Wildman–Crippen LogP) is 4.70. The average Bonchev–Trinajstić information content (AvgIpc) is 3.44. The van der Waals surface area contributed by atoms with Gasteiger partial charge in [-0.25, -0.2) is 9.98 Å². The fourth-order valence-corrected chi connectivity index (χ4v) is 3.34. The van der Waals surface area contributed by atoms with Crippen molar-refractivity contribution in [1.29, 1.82) is 0 Å². The molecule has 0 amide bonds. The Morgan fingerprint density at radius 1 is 1.10 bits per heavy atom. The third-order valence-corrected chi connectivity index (χ3v) is 5.12. The molecular weight excluding hydrogens is 503 g/mol. The zero-order chi connectivity index (χ0) is 21.2. The van der Waals surface area contributed by atoms with E-state index in [0.29, 0.717) is 19.0 Å². The second-order valence-electron chi connectivity index (χ2n) is 7.33. The summed E-state index contributed by atoms with van der Waals surface area (Å²) in [6.07, 6.45) is 7.73. The summed E-state index contributed by atoms with van der Waals surface area (Å²) in [7, 11) is 0. The van der Waals surface area contributed by atoms with E-state index >= 15 is 0 Å². The number of imidazole rings is 1. The first-order chi connectivity index (χ1) is 14.7. The Hall–Kier alpha value is -2.36. The van der Waals surface area contributed by atoms with Crippen molar-refractivity contribution in [3.63, 3.8) is 0 Å². The van der Waals surface area contributed by atoms with Crippen LogP contribution in [0, 0.1) is 0 Å². The number of hydrogen-bond acceptors (Lipinski definition) is 4. The highest BCUT2D eigenvalue weighted by atomic mass is 127. The number of rotatable bonds is 10. The lowest BCUT2D eigenvalue weighted by Gasteiger charge is -2.10. The third kappa shape index (κ3) is 7.68. The second-order valence-corrected chi connectivity index (χ2v) is 7.33. The Morgan fingerprint density at radius 2 is 1.84 bits per heavy atom. The van der Waals surface area contributed by atoms with Crippen LogP contribution in [0.25, 0.3) is 0 Å². The van der Waals surface area contributed by atoms with Gasteiger partial charge in [0.15, 0.2) is 11.7 Å². The molecule has 0 aliphatic carbocycles. The van der Waals surface area contributed by atoms with E-state index in [9.17, 15) is 0 Å². The fourth-order valence-electron chi connectivity index (χ4n) is 3.34. The van der Waals surface area contributed by atoms with Crippen molar-refractivity contribution in [3.8, 4) is 0 Å². The molecule has 0 spiro atoms. The lowest BCUT2D eigenvalue weighted by Crippen LogP contribution is -2.36. The molecule has 168 valence electrons. The fraction of sp³-hybridized carbons (Fsp3) is 0.435. The Morgan fingerprint density at radius 3 is 2.48 bits per heavy atom. The van der Waals surface area contributed by atoms with Crippen LogP contribution >= 0.6 is 24.0 Å². The maximum Gasteiger partial charge on any atom is 0.191 e. The van der Waals surface area contributed by atoms with Gasteiger partial charge in [0, 0.05) is 37.5 Å². The van der Waals surface area contributed by atoms with E-state index in [2.05, 4.69) is 70.4 Å². The lowest BCUT2D eigenvalue weighted by atomic mass is 9.99. The van der Waals surface area contributed by atoms with Crippen molar-refractivity contribution in [2.45, 2.75) is 59.2 Å². The number of halogens is 1. The van der Waals surface area contributed by atoms with E-state index < -0.39 is 0 Å². The van der Waals surface area contributed by atoms with Gasteiger partial charge in [-0.3, -0.25) is 0 Å². The van der Waals surface area contributed by atoms with Crippen LogP contribution in [0.5, 0.6) is 0 Å². The lowest BCUT2D eigenvalue weighted by molar-refractivity contribution is 0.368. The quantitative estimate of drug-likeness (QED) is 0.223.